The van der Waals surface area contributed by atoms with E-state index in [1.165, 1.54) is 0 Å². The van der Waals surface area contributed by atoms with Gasteiger partial charge in [0.15, 0.2) is 0 Å². The lowest BCUT2D eigenvalue weighted by Gasteiger charge is -2.33. The Kier molecular flexibility index (Phi) is 5.14. The molecule has 2 fully saturated rings. The van der Waals surface area contributed by atoms with Crippen molar-refractivity contribution in [2.75, 3.05) is 32.8 Å². The molecule has 0 bridgehead atoms. The van der Waals surface area contributed by atoms with Crippen LogP contribution in [0.15, 0.2) is 12.7 Å². The van der Waals surface area contributed by atoms with Gasteiger partial charge in [0.2, 0.25) is 11.8 Å². The molecular formula is C14H23N3O3. The summed E-state index contributed by atoms with van der Waals surface area (Å²) < 4.78 is 5.25. The highest BCUT2D eigenvalue weighted by atomic mass is 16.5. The summed E-state index contributed by atoms with van der Waals surface area (Å²) in [7, 11) is 0. The highest BCUT2D eigenvalue weighted by molar-refractivity contribution is 5.90. The topological polar surface area (TPSA) is 75.9 Å². The molecule has 6 heteroatoms. The van der Waals surface area contributed by atoms with Gasteiger partial charge in [0.1, 0.15) is 6.04 Å². The van der Waals surface area contributed by atoms with E-state index < -0.39 is 6.04 Å². The Balaban J connectivity index is 2.00. The fraction of sp³-hybridized carbons (Fsp3) is 0.714. The average molecular weight is 281 g/mol. The molecule has 2 N–H and O–H groups in total. The molecule has 2 heterocycles. The molecule has 2 unspecified atom stereocenters. The Labute approximate surface area is 119 Å². The van der Waals surface area contributed by atoms with Crippen LogP contribution < -0.4 is 5.73 Å². The van der Waals surface area contributed by atoms with Gasteiger partial charge in [0, 0.05) is 19.6 Å². The predicted molar refractivity (Wildman–Crippen MR) is 74.9 cm³/mol. The molecule has 0 aromatic rings. The maximum atomic E-state index is 12.5. The Bertz CT molecular complexity index is 380. The van der Waals surface area contributed by atoms with Gasteiger partial charge in [-0.25, -0.2) is 0 Å². The van der Waals surface area contributed by atoms with E-state index in [0.717, 1.165) is 12.8 Å². The summed E-state index contributed by atoms with van der Waals surface area (Å²) in [5.74, 6) is -0.112. The fourth-order valence-electron chi connectivity index (χ4n) is 2.78. The van der Waals surface area contributed by atoms with Crippen LogP contribution in [0.2, 0.25) is 0 Å². The molecule has 2 saturated heterocycles. The second-order valence-corrected chi connectivity index (χ2v) is 5.26. The molecule has 2 aliphatic rings. The molecule has 0 spiro atoms. The molecule has 2 atom stereocenters. The van der Waals surface area contributed by atoms with E-state index in [-0.39, 0.29) is 17.9 Å². The van der Waals surface area contributed by atoms with E-state index in [9.17, 15) is 9.59 Å². The van der Waals surface area contributed by atoms with Crippen LogP contribution in [0.25, 0.3) is 0 Å². The summed E-state index contributed by atoms with van der Waals surface area (Å²) in [6.07, 6.45) is 3.65. The second kappa shape index (κ2) is 6.85. The Morgan fingerprint density at radius 3 is 2.70 bits per heavy atom. The van der Waals surface area contributed by atoms with E-state index in [2.05, 4.69) is 6.58 Å². The average Bonchev–Trinajstić information content (AvgIpc) is 2.96. The first-order chi connectivity index (χ1) is 9.65. The number of ether oxygens (including phenoxy) is 1. The monoisotopic (exact) mass is 281 g/mol. The summed E-state index contributed by atoms with van der Waals surface area (Å²) in [5, 5.41) is 0. The maximum absolute atomic E-state index is 12.5. The summed E-state index contributed by atoms with van der Waals surface area (Å²) >= 11 is 0. The molecule has 6 nitrogen and oxygen atoms in total. The van der Waals surface area contributed by atoms with Crippen molar-refractivity contribution in [2.45, 2.75) is 31.3 Å². The SMILES string of the molecule is C=CCC(N)C(=O)N1CCCC1C(=O)N1CCOCC1. The number of hydrogen-bond acceptors (Lipinski definition) is 4. The minimum Gasteiger partial charge on any atom is -0.378 e. The zero-order chi connectivity index (χ0) is 14.5. The summed E-state index contributed by atoms with van der Waals surface area (Å²) in [5.41, 5.74) is 5.84. The van der Waals surface area contributed by atoms with Crippen LogP contribution in [0.1, 0.15) is 19.3 Å². The zero-order valence-corrected chi connectivity index (χ0v) is 11.8. The number of carbonyl (C=O) groups excluding carboxylic acids is 2. The van der Waals surface area contributed by atoms with Gasteiger partial charge in [-0.3, -0.25) is 9.59 Å². The van der Waals surface area contributed by atoms with Crippen LogP contribution in [0.3, 0.4) is 0 Å². The second-order valence-electron chi connectivity index (χ2n) is 5.26. The van der Waals surface area contributed by atoms with Crippen LogP contribution in [-0.4, -0.2) is 66.5 Å². The van der Waals surface area contributed by atoms with Crippen molar-refractivity contribution in [2.24, 2.45) is 5.73 Å². The molecule has 0 saturated carbocycles. The van der Waals surface area contributed by atoms with Gasteiger partial charge in [-0.15, -0.1) is 6.58 Å². The Morgan fingerprint density at radius 1 is 1.35 bits per heavy atom. The first-order valence-corrected chi connectivity index (χ1v) is 7.18. The van der Waals surface area contributed by atoms with Crippen molar-refractivity contribution in [3.8, 4) is 0 Å². The number of likely N-dealkylation sites (tertiary alicyclic amines) is 1. The lowest BCUT2D eigenvalue weighted by atomic mass is 10.1. The van der Waals surface area contributed by atoms with Crippen molar-refractivity contribution >= 4 is 11.8 Å². The van der Waals surface area contributed by atoms with Crippen molar-refractivity contribution < 1.29 is 14.3 Å². The standard InChI is InChI=1S/C14H23N3O3/c1-2-4-11(15)13(18)17-6-3-5-12(17)14(19)16-7-9-20-10-8-16/h2,11-12H,1,3-10,15H2. The van der Waals surface area contributed by atoms with Gasteiger partial charge in [0.05, 0.1) is 19.3 Å². The normalized spacial score (nSPS) is 24.6. The van der Waals surface area contributed by atoms with Gasteiger partial charge in [-0.2, -0.15) is 0 Å². The van der Waals surface area contributed by atoms with Crippen LogP contribution >= 0.6 is 0 Å². The molecule has 2 rings (SSSR count). The smallest absolute Gasteiger partial charge is 0.245 e. The summed E-state index contributed by atoms with van der Waals surface area (Å²) in [6.45, 7) is 6.57. The number of rotatable bonds is 4. The summed E-state index contributed by atoms with van der Waals surface area (Å²) in [4.78, 5) is 28.2. The van der Waals surface area contributed by atoms with Crippen LogP contribution in [0, 0.1) is 0 Å². The maximum Gasteiger partial charge on any atom is 0.245 e. The van der Waals surface area contributed by atoms with Gasteiger partial charge in [-0.05, 0) is 19.3 Å². The number of morpholine rings is 1. The van der Waals surface area contributed by atoms with E-state index in [4.69, 9.17) is 10.5 Å². The lowest BCUT2D eigenvalue weighted by Crippen LogP contribution is -2.53. The first-order valence-electron chi connectivity index (χ1n) is 7.18. The van der Waals surface area contributed by atoms with Crippen LogP contribution in [0.5, 0.6) is 0 Å². The minimum atomic E-state index is -0.592. The Hall–Kier alpha value is -1.40. The number of hydrogen-bond donors (Lipinski definition) is 1. The third-order valence-corrected chi connectivity index (χ3v) is 3.88. The Morgan fingerprint density at radius 2 is 2.05 bits per heavy atom. The first kappa shape index (κ1) is 15.0. The van der Waals surface area contributed by atoms with E-state index in [0.29, 0.717) is 39.3 Å². The third-order valence-electron chi connectivity index (χ3n) is 3.88. The minimum absolute atomic E-state index is 0.0324. The van der Waals surface area contributed by atoms with Crippen molar-refractivity contribution in [1.29, 1.82) is 0 Å². The molecule has 2 aliphatic heterocycles. The largest absolute Gasteiger partial charge is 0.378 e. The molecule has 0 aliphatic carbocycles. The number of nitrogens with two attached hydrogens (primary N) is 1. The highest BCUT2D eigenvalue weighted by Crippen LogP contribution is 2.21. The van der Waals surface area contributed by atoms with Crippen LogP contribution in [0.4, 0.5) is 0 Å². The zero-order valence-electron chi connectivity index (χ0n) is 11.8. The number of nitrogens with zero attached hydrogens (tertiary/aromatic N) is 2. The molecule has 0 radical (unpaired) electrons. The quantitative estimate of drug-likeness (QED) is 0.720. The third kappa shape index (κ3) is 3.19. The van der Waals surface area contributed by atoms with Gasteiger partial charge in [-0.1, -0.05) is 6.08 Å². The highest BCUT2D eigenvalue weighted by Gasteiger charge is 2.38. The van der Waals surface area contributed by atoms with Crippen molar-refractivity contribution in [3.05, 3.63) is 12.7 Å². The van der Waals surface area contributed by atoms with Crippen molar-refractivity contribution in [3.63, 3.8) is 0 Å². The molecule has 112 valence electrons. The molecular weight excluding hydrogens is 258 g/mol. The number of amides is 2. The molecule has 2 amide bonds. The molecule has 20 heavy (non-hydrogen) atoms. The fourth-order valence-corrected chi connectivity index (χ4v) is 2.78. The molecule has 0 aromatic heterocycles. The van der Waals surface area contributed by atoms with Gasteiger partial charge >= 0.3 is 0 Å². The number of carbonyl (C=O) groups is 2. The van der Waals surface area contributed by atoms with Crippen molar-refractivity contribution in [1.82, 2.24) is 9.80 Å². The predicted octanol–water partition coefficient (Wildman–Crippen LogP) is -0.260. The van der Waals surface area contributed by atoms with E-state index in [1.807, 2.05) is 0 Å². The van der Waals surface area contributed by atoms with Crippen LogP contribution in [-0.2, 0) is 14.3 Å². The van der Waals surface area contributed by atoms with E-state index in [1.54, 1.807) is 15.9 Å². The lowest BCUT2D eigenvalue weighted by molar-refractivity contribution is -0.146. The van der Waals surface area contributed by atoms with Gasteiger partial charge in [0.25, 0.3) is 0 Å². The molecule has 0 aromatic carbocycles. The summed E-state index contributed by atoms with van der Waals surface area (Å²) in [6, 6.07) is -0.943. The van der Waals surface area contributed by atoms with Gasteiger partial charge < -0.3 is 20.3 Å². The van der Waals surface area contributed by atoms with E-state index >= 15 is 0 Å².